The molecule has 6 nitrogen and oxygen atoms in total. The van der Waals surface area contributed by atoms with Gasteiger partial charge in [-0.25, -0.2) is 0 Å². The topological polar surface area (TPSA) is 69.0 Å². The zero-order valence-electron chi connectivity index (χ0n) is 15.9. The minimum atomic E-state index is -0.148. The van der Waals surface area contributed by atoms with E-state index in [1.54, 1.807) is 11.9 Å². The molecule has 0 fully saturated rings. The number of benzene rings is 3. The predicted octanol–water partition coefficient (Wildman–Crippen LogP) is 4.30. The summed E-state index contributed by atoms with van der Waals surface area (Å²) < 4.78 is 5.18. The summed E-state index contributed by atoms with van der Waals surface area (Å²) in [5, 5.41) is 11.9. The van der Waals surface area contributed by atoms with Gasteiger partial charge in [0.25, 0.3) is 5.91 Å². The van der Waals surface area contributed by atoms with Crippen LogP contribution in [0.2, 0.25) is 0 Å². The van der Waals surface area contributed by atoms with E-state index in [0.29, 0.717) is 16.8 Å². The molecule has 0 unspecified atom stereocenters. The SMILES string of the molecule is COc1ccc(-n2nc3ccc(NC(=O)c4ccc(C)c(C)c4)cc3n2)cc1. The van der Waals surface area contributed by atoms with E-state index < -0.39 is 0 Å². The average molecular weight is 372 g/mol. The highest BCUT2D eigenvalue weighted by atomic mass is 16.5. The molecular weight excluding hydrogens is 352 g/mol. The lowest BCUT2D eigenvalue weighted by Gasteiger charge is -2.07. The van der Waals surface area contributed by atoms with E-state index >= 15 is 0 Å². The molecule has 0 radical (unpaired) electrons. The third-order valence-corrected chi connectivity index (χ3v) is 4.71. The van der Waals surface area contributed by atoms with Gasteiger partial charge < -0.3 is 10.1 Å². The second-order valence-corrected chi connectivity index (χ2v) is 6.64. The molecule has 4 rings (SSSR count). The van der Waals surface area contributed by atoms with Gasteiger partial charge in [-0.15, -0.1) is 10.2 Å². The van der Waals surface area contributed by atoms with Crippen LogP contribution in [0.25, 0.3) is 16.7 Å². The van der Waals surface area contributed by atoms with Gasteiger partial charge in [0.2, 0.25) is 0 Å². The molecule has 0 atom stereocenters. The van der Waals surface area contributed by atoms with Gasteiger partial charge in [-0.2, -0.15) is 4.80 Å². The summed E-state index contributed by atoms with van der Waals surface area (Å²) in [6.07, 6.45) is 0. The Balaban J connectivity index is 1.58. The van der Waals surface area contributed by atoms with E-state index in [0.717, 1.165) is 28.1 Å². The maximum absolute atomic E-state index is 12.5. The van der Waals surface area contributed by atoms with E-state index in [1.165, 1.54) is 0 Å². The normalized spacial score (nSPS) is 10.8. The number of carbonyl (C=O) groups is 1. The number of hydrogen-bond acceptors (Lipinski definition) is 4. The molecule has 3 aromatic carbocycles. The van der Waals surface area contributed by atoms with Crippen molar-refractivity contribution in [2.24, 2.45) is 0 Å². The van der Waals surface area contributed by atoms with Crippen LogP contribution in [-0.4, -0.2) is 28.0 Å². The van der Waals surface area contributed by atoms with Gasteiger partial charge in [-0.1, -0.05) is 6.07 Å². The van der Waals surface area contributed by atoms with Gasteiger partial charge >= 0.3 is 0 Å². The number of carbonyl (C=O) groups excluding carboxylic acids is 1. The number of ether oxygens (including phenoxy) is 1. The lowest BCUT2D eigenvalue weighted by Crippen LogP contribution is -2.12. The lowest BCUT2D eigenvalue weighted by atomic mass is 10.1. The van der Waals surface area contributed by atoms with Gasteiger partial charge in [0.1, 0.15) is 16.8 Å². The standard InChI is InChI=1S/C22H20N4O2/c1-14-4-5-16(12-15(14)2)22(27)23-17-6-11-20-21(13-17)25-26(24-20)18-7-9-19(28-3)10-8-18/h4-13H,1-3H3,(H,23,27). The minimum absolute atomic E-state index is 0.148. The molecule has 1 amide bonds. The summed E-state index contributed by atoms with van der Waals surface area (Å²) in [5.41, 5.74) is 5.84. The highest BCUT2D eigenvalue weighted by Crippen LogP contribution is 2.20. The molecular formula is C22H20N4O2. The molecule has 0 aliphatic heterocycles. The summed E-state index contributed by atoms with van der Waals surface area (Å²) in [6, 6.07) is 18.7. The molecule has 0 saturated heterocycles. The molecule has 0 spiro atoms. The second-order valence-electron chi connectivity index (χ2n) is 6.64. The molecule has 4 aromatic rings. The summed E-state index contributed by atoms with van der Waals surface area (Å²) in [6.45, 7) is 4.02. The van der Waals surface area contributed by atoms with Crippen LogP contribution in [0.5, 0.6) is 5.75 Å². The van der Waals surface area contributed by atoms with Crippen LogP contribution < -0.4 is 10.1 Å². The number of rotatable bonds is 4. The molecule has 1 N–H and O–H groups in total. The third kappa shape index (κ3) is 3.44. The third-order valence-electron chi connectivity index (χ3n) is 4.71. The Morgan fingerprint density at radius 3 is 2.36 bits per heavy atom. The Morgan fingerprint density at radius 2 is 1.64 bits per heavy atom. The molecule has 0 aliphatic rings. The first-order chi connectivity index (χ1) is 13.5. The number of aromatic nitrogens is 3. The number of fused-ring (bicyclic) bond motifs is 1. The van der Waals surface area contributed by atoms with E-state index in [2.05, 4.69) is 15.5 Å². The van der Waals surface area contributed by atoms with Crippen molar-refractivity contribution in [3.63, 3.8) is 0 Å². The number of nitrogens with zero attached hydrogens (tertiary/aromatic N) is 3. The summed E-state index contributed by atoms with van der Waals surface area (Å²) in [4.78, 5) is 14.1. The van der Waals surface area contributed by atoms with Crippen molar-refractivity contribution < 1.29 is 9.53 Å². The fourth-order valence-electron chi connectivity index (χ4n) is 2.91. The molecule has 1 heterocycles. The largest absolute Gasteiger partial charge is 0.497 e. The van der Waals surface area contributed by atoms with Crippen molar-refractivity contribution in [2.75, 3.05) is 12.4 Å². The van der Waals surface area contributed by atoms with Crippen molar-refractivity contribution in [3.8, 4) is 11.4 Å². The highest BCUT2D eigenvalue weighted by Gasteiger charge is 2.10. The smallest absolute Gasteiger partial charge is 0.255 e. The molecule has 1 aromatic heterocycles. The number of aryl methyl sites for hydroxylation is 2. The quantitative estimate of drug-likeness (QED) is 0.580. The Labute approximate surface area is 162 Å². The Hall–Kier alpha value is -3.67. The van der Waals surface area contributed by atoms with Crippen LogP contribution in [0.1, 0.15) is 21.5 Å². The Kier molecular flexibility index (Phi) is 4.53. The minimum Gasteiger partial charge on any atom is -0.497 e. The van der Waals surface area contributed by atoms with E-state index in [4.69, 9.17) is 4.74 Å². The zero-order chi connectivity index (χ0) is 19.7. The lowest BCUT2D eigenvalue weighted by molar-refractivity contribution is 0.102. The predicted molar refractivity (Wildman–Crippen MR) is 109 cm³/mol. The van der Waals surface area contributed by atoms with Gasteiger partial charge in [0.05, 0.1) is 12.8 Å². The Morgan fingerprint density at radius 1 is 0.893 bits per heavy atom. The number of methoxy groups -OCH3 is 1. The van der Waals surface area contributed by atoms with Crippen LogP contribution >= 0.6 is 0 Å². The van der Waals surface area contributed by atoms with E-state index in [1.807, 2.05) is 74.5 Å². The van der Waals surface area contributed by atoms with E-state index in [-0.39, 0.29) is 5.91 Å². The van der Waals surface area contributed by atoms with Crippen molar-refractivity contribution >= 4 is 22.6 Å². The van der Waals surface area contributed by atoms with Crippen LogP contribution in [0.15, 0.2) is 60.7 Å². The fourth-order valence-corrected chi connectivity index (χ4v) is 2.91. The summed E-state index contributed by atoms with van der Waals surface area (Å²) in [7, 11) is 1.63. The van der Waals surface area contributed by atoms with Crippen LogP contribution in [0, 0.1) is 13.8 Å². The fraction of sp³-hybridized carbons (Fsp3) is 0.136. The van der Waals surface area contributed by atoms with Gasteiger partial charge in [-0.3, -0.25) is 4.79 Å². The molecule has 0 saturated carbocycles. The van der Waals surface area contributed by atoms with Crippen LogP contribution in [0.3, 0.4) is 0 Å². The van der Waals surface area contributed by atoms with Crippen molar-refractivity contribution in [1.82, 2.24) is 15.0 Å². The number of hydrogen-bond donors (Lipinski definition) is 1. The van der Waals surface area contributed by atoms with Crippen molar-refractivity contribution in [1.29, 1.82) is 0 Å². The molecule has 140 valence electrons. The van der Waals surface area contributed by atoms with Gasteiger partial charge in [-0.05, 0) is 79.6 Å². The number of amides is 1. The first-order valence-corrected chi connectivity index (χ1v) is 8.93. The Bertz CT molecular complexity index is 1160. The van der Waals surface area contributed by atoms with Gasteiger partial charge in [0.15, 0.2) is 0 Å². The zero-order valence-corrected chi connectivity index (χ0v) is 15.9. The number of anilines is 1. The molecule has 0 aliphatic carbocycles. The van der Waals surface area contributed by atoms with Crippen LogP contribution in [0.4, 0.5) is 5.69 Å². The monoisotopic (exact) mass is 372 g/mol. The average Bonchev–Trinajstić information content (AvgIpc) is 3.13. The molecule has 6 heteroatoms. The van der Waals surface area contributed by atoms with Crippen molar-refractivity contribution in [3.05, 3.63) is 77.4 Å². The molecule has 28 heavy (non-hydrogen) atoms. The second kappa shape index (κ2) is 7.15. The maximum atomic E-state index is 12.5. The highest BCUT2D eigenvalue weighted by molar-refractivity contribution is 6.05. The van der Waals surface area contributed by atoms with Crippen LogP contribution in [-0.2, 0) is 0 Å². The van der Waals surface area contributed by atoms with Gasteiger partial charge in [0, 0.05) is 11.3 Å². The molecule has 0 bridgehead atoms. The van der Waals surface area contributed by atoms with E-state index in [9.17, 15) is 4.79 Å². The maximum Gasteiger partial charge on any atom is 0.255 e. The number of nitrogens with one attached hydrogen (secondary N) is 1. The summed E-state index contributed by atoms with van der Waals surface area (Å²) >= 11 is 0. The van der Waals surface area contributed by atoms with Crippen molar-refractivity contribution in [2.45, 2.75) is 13.8 Å². The first-order valence-electron chi connectivity index (χ1n) is 8.93. The summed E-state index contributed by atoms with van der Waals surface area (Å²) in [5.74, 6) is 0.627. The first kappa shape index (κ1) is 17.7.